The van der Waals surface area contributed by atoms with E-state index in [1.165, 1.54) is 0 Å². The van der Waals surface area contributed by atoms with Crippen LogP contribution in [0.2, 0.25) is 0 Å². The van der Waals surface area contributed by atoms with Crippen LogP contribution in [0.25, 0.3) is 22.8 Å². The number of hydrogen-bond acceptors (Lipinski definition) is 3. The summed E-state index contributed by atoms with van der Waals surface area (Å²) in [5.41, 5.74) is 3.04. The number of hydrogen-bond donors (Lipinski definition) is 0. The highest BCUT2D eigenvalue weighted by atomic mass is 79.9. The Morgan fingerprint density at radius 3 is 2.47 bits per heavy atom. The van der Waals surface area contributed by atoms with Crippen LogP contribution in [0, 0.1) is 6.92 Å². The molecule has 94 valence electrons. The van der Waals surface area contributed by atoms with Gasteiger partial charge in [0.2, 0.25) is 5.82 Å². The molecule has 19 heavy (non-hydrogen) atoms. The fourth-order valence-corrected chi connectivity index (χ4v) is 2.13. The molecule has 0 saturated carbocycles. The van der Waals surface area contributed by atoms with Gasteiger partial charge in [-0.15, -0.1) is 0 Å². The third kappa shape index (κ3) is 2.44. The second kappa shape index (κ2) is 4.97. The van der Waals surface area contributed by atoms with E-state index in [9.17, 15) is 0 Å². The van der Waals surface area contributed by atoms with Gasteiger partial charge in [0.1, 0.15) is 0 Å². The number of rotatable bonds is 2. The summed E-state index contributed by atoms with van der Waals surface area (Å²) in [6, 6.07) is 15.8. The Morgan fingerprint density at radius 1 is 1.00 bits per heavy atom. The Morgan fingerprint density at radius 2 is 1.74 bits per heavy atom. The van der Waals surface area contributed by atoms with Gasteiger partial charge in [0.05, 0.1) is 0 Å². The van der Waals surface area contributed by atoms with Crippen molar-refractivity contribution in [1.29, 1.82) is 0 Å². The standard InChI is InChI=1S/C15H11BrN2O/c1-10-4-2-3-5-13(10)14-17-15(19-18-14)11-6-8-12(16)9-7-11/h2-9H,1H3. The van der Waals surface area contributed by atoms with Crippen LogP contribution in [-0.2, 0) is 0 Å². The summed E-state index contributed by atoms with van der Waals surface area (Å²) >= 11 is 3.40. The minimum Gasteiger partial charge on any atom is -0.334 e. The zero-order chi connectivity index (χ0) is 13.2. The van der Waals surface area contributed by atoms with Crippen molar-refractivity contribution >= 4 is 15.9 Å². The van der Waals surface area contributed by atoms with Gasteiger partial charge in [-0.05, 0) is 36.8 Å². The minimum absolute atomic E-state index is 0.533. The summed E-state index contributed by atoms with van der Waals surface area (Å²) in [6.07, 6.45) is 0. The average molecular weight is 315 g/mol. The Bertz CT molecular complexity index is 704. The molecule has 0 aliphatic rings. The van der Waals surface area contributed by atoms with E-state index in [-0.39, 0.29) is 0 Å². The fraction of sp³-hybridized carbons (Fsp3) is 0.0667. The van der Waals surface area contributed by atoms with Gasteiger partial charge in [-0.25, -0.2) is 0 Å². The third-order valence-electron chi connectivity index (χ3n) is 2.90. The lowest BCUT2D eigenvalue weighted by Gasteiger charge is -1.98. The molecular formula is C15H11BrN2O. The van der Waals surface area contributed by atoms with E-state index < -0.39 is 0 Å². The minimum atomic E-state index is 0.533. The lowest BCUT2D eigenvalue weighted by molar-refractivity contribution is 0.432. The van der Waals surface area contributed by atoms with Crippen LogP contribution < -0.4 is 0 Å². The van der Waals surface area contributed by atoms with Gasteiger partial charge >= 0.3 is 0 Å². The average Bonchev–Trinajstić information content (AvgIpc) is 2.89. The Kier molecular flexibility index (Phi) is 3.17. The number of aromatic nitrogens is 2. The first-order chi connectivity index (χ1) is 9.24. The van der Waals surface area contributed by atoms with E-state index in [1.54, 1.807) is 0 Å². The zero-order valence-electron chi connectivity index (χ0n) is 10.3. The molecule has 0 aliphatic carbocycles. The molecule has 0 amide bonds. The van der Waals surface area contributed by atoms with E-state index in [4.69, 9.17) is 4.52 Å². The maximum absolute atomic E-state index is 5.32. The Balaban J connectivity index is 2.00. The lowest BCUT2D eigenvalue weighted by atomic mass is 10.1. The summed E-state index contributed by atoms with van der Waals surface area (Å²) in [5.74, 6) is 1.15. The number of aryl methyl sites for hydroxylation is 1. The molecular weight excluding hydrogens is 304 g/mol. The SMILES string of the molecule is Cc1ccccc1-c1noc(-c2ccc(Br)cc2)n1. The van der Waals surface area contributed by atoms with Crippen molar-refractivity contribution in [2.24, 2.45) is 0 Å². The van der Waals surface area contributed by atoms with Crippen LogP contribution in [0.1, 0.15) is 5.56 Å². The molecule has 0 aliphatic heterocycles. The molecule has 0 N–H and O–H groups in total. The topological polar surface area (TPSA) is 38.9 Å². The van der Waals surface area contributed by atoms with Crippen molar-refractivity contribution in [3.8, 4) is 22.8 Å². The molecule has 4 heteroatoms. The van der Waals surface area contributed by atoms with Gasteiger partial charge in [0.25, 0.3) is 5.89 Å². The summed E-state index contributed by atoms with van der Waals surface area (Å²) in [6.45, 7) is 2.03. The predicted molar refractivity (Wildman–Crippen MR) is 77.6 cm³/mol. The van der Waals surface area contributed by atoms with Gasteiger partial charge in [0.15, 0.2) is 0 Å². The van der Waals surface area contributed by atoms with Crippen molar-refractivity contribution < 1.29 is 4.52 Å². The highest BCUT2D eigenvalue weighted by molar-refractivity contribution is 9.10. The molecule has 0 radical (unpaired) electrons. The Labute approximate surface area is 119 Å². The molecule has 0 bridgehead atoms. The first kappa shape index (κ1) is 12.1. The summed E-state index contributed by atoms with van der Waals surface area (Å²) in [5, 5.41) is 4.05. The van der Waals surface area contributed by atoms with Crippen molar-refractivity contribution in [2.75, 3.05) is 0 Å². The quantitative estimate of drug-likeness (QED) is 0.700. The van der Waals surface area contributed by atoms with Crippen LogP contribution in [0.3, 0.4) is 0 Å². The van der Waals surface area contributed by atoms with Gasteiger partial charge in [0, 0.05) is 15.6 Å². The van der Waals surface area contributed by atoms with Crippen LogP contribution in [-0.4, -0.2) is 10.1 Å². The zero-order valence-corrected chi connectivity index (χ0v) is 11.9. The van der Waals surface area contributed by atoms with Crippen LogP contribution in [0.5, 0.6) is 0 Å². The van der Waals surface area contributed by atoms with Crippen LogP contribution in [0.4, 0.5) is 0 Å². The van der Waals surface area contributed by atoms with E-state index in [1.807, 2.05) is 55.5 Å². The molecule has 0 spiro atoms. The van der Waals surface area contributed by atoms with Crippen LogP contribution in [0.15, 0.2) is 57.5 Å². The maximum atomic E-state index is 5.32. The molecule has 0 fully saturated rings. The van der Waals surface area contributed by atoms with Gasteiger partial charge in [-0.2, -0.15) is 4.98 Å². The second-order valence-electron chi connectivity index (χ2n) is 4.24. The molecule has 0 atom stereocenters. The summed E-state index contributed by atoms with van der Waals surface area (Å²) in [7, 11) is 0. The number of nitrogens with zero attached hydrogens (tertiary/aromatic N) is 2. The second-order valence-corrected chi connectivity index (χ2v) is 5.16. The number of benzene rings is 2. The van der Waals surface area contributed by atoms with E-state index in [0.717, 1.165) is 21.2 Å². The normalized spacial score (nSPS) is 10.6. The van der Waals surface area contributed by atoms with Crippen molar-refractivity contribution in [1.82, 2.24) is 10.1 Å². The van der Waals surface area contributed by atoms with Gasteiger partial charge < -0.3 is 4.52 Å². The fourth-order valence-electron chi connectivity index (χ4n) is 1.87. The molecule has 2 aromatic carbocycles. The maximum Gasteiger partial charge on any atom is 0.258 e. The van der Waals surface area contributed by atoms with Gasteiger partial charge in [-0.3, -0.25) is 0 Å². The van der Waals surface area contributed by atoms with E-state index >= 15 is 0 Å². The first-order valence-electron chi connectivity index (χ1n) is 5.90. The molecule has 3 aromatic rings. The van der Waals surface area contributed by atoms with E-state index in [0.29, 0.717) is 11.7 Å². The molecule has 0 saturated heterocycles. The highest BCUT2D eigenvalue weighted by Crippen LogP contribution is 2.25. The lowest BCUT2D eigenvalue weighted by Crippen LogP contribution is -1.84. The molecule has 1 heterocycles. The monoisotopic (exact) mass is 314 g/mol. The van der Waals surface area contributed by atoms with Crippen molar-refractivity contribution in [3.63, 3.8) is 0 Å². The highest BCUT2D eigenvalue weighted by Gasteiger charge is 2.11. The molecule has 3 nitrogen and oxygen atoms in total. The van der Waals surface area contributed by atoms with Crippen molar-refractivity contribution in [2.45, 2.75) is 6.92 Å². The largest absolute Gasteiger partial charge is 0.334 e. The first-order valence-corrected chi connectivity index (χ1v) is 6.69. The predicted octanol–water partition coefficient (Wildman–Crippen LogP) is 4.47. The summed E-state index contributed by atoms with van der Waals surface area (Å²) in [4.78, 5) is 4.45. The molecule has 0 unspecified atom stereocenters. The third-order valence-corrected chi connectivity index (χ3v) is 3.43. The molecule has 3 rings (SSSR count). The van der Waals surface area contributed by atoms with Crippen molar-refractivity contribution in [3.05, 3.63) is 58.6 Å². The van der Waals surface area contributed by atoms with Gasteiger partial charge in [-0.1, -0.05) is 45.4 Å². The van der Waals surface area contributed by atoms with E-state index in [2.05, 4.69) is 26.1 Å². The molecule has 1 aromatic heterocycles. The number of halogens is 1. The Hall–Kier alpha value is -1.94. The van der Waals surface area contributed by atoms with Crippen LogP contribution >= 0.6 is 15.9 Å². The summed E-state index contributed by atoms with van der Waals surface area (Å²) < 4.78 is 6.35. The smallest absolute Gasteiger partial charge is 0.258 e.